The Morgan fingerprint density at radius 3 is 2.23 bits per heavy atom. The predicted octanol–water partition coefficient (Wildman–Crippen LogP) is 5.90. The summed E-state index contributed by atoms with van der Waals surface area (Å²) in [5.41, 5.74) is 6.18. The fourth-order valence-corrected chi connectivity index (χ4v) is 6.08. The van der Waals surface area contributed by atoms with Crippen molar-refractivity contribution >= 4 is 16.9 Å². The van der Waals surface area contributed by atoms with Gasteiger partial charge in [0.1, 0.15) is 5.69 Å². The molecule has 1 aromatic heterocycles. The Labute approximate surface area is 281 Å². The Hall–Kier alpha value is -4.51. The van der Waals surface area contributed by atoms with Crippen LogP contribution >= 0.6 is 0 Å². The van der Waals surface area contributed by atoms with Crippen molar-refractivity contribution in [2.75, 3.05) is 13.6 Å². The number of carbonyl (C=O) groups is 1. The second-order valence-corrected chi connectivity index (χ2v) is 12.5. The standard InChI is InChI=1S/C39H42N4O5/c1-25-35(23-43(3)26(2)36(45)29-9-5-4-6-10-29)47-39(48-37(25)30-17-15-28(24-44)16-18-30)31-19-13-27(14-20-31)21-41-38(46)34-22-40-32-11-7-8-12-33(32)42-34/h4-20,22,25-26,35-37,39,44-45H,21,23-24H2,1-3H3,(H,41,46)/t25-,26-,35+,36-,37+,39+/m0/s1. The van der Waals surface area contributed by atoms with E-state index in [4.69, 9.17) is 9.47 Å². The molecule has 9 heteroatoms. The lowest BCUT2D eigenvalue weighted by molar-refractivity contribution is -0.276. The van der Waals surface area contributed by atoms with Crippen molar-refractivity contribution in [2.45, 2.75) is 57.6 Å². The Balaban J connectivity index is 1.16. The number of hydrogen-bond donors (Lipinski definition) is 3. The van der Waals surface area contributed by atoms with E-state index in [9.17, 15) is 15.0 Å². The maximum absolute atomic E-state index is 12.8. The molecule has 1 amide bonds. The molecule has 9 nitrogen and oxygen atoms in total. The molecule has 0 unspecified atom stereocenters. The Morgan fingerprint density at radius 2 is 1.52 bits per heavy atom. The van der Waals surface area contributed by atoms with Crippen molar-refractivity contribution in [1.29, 1.82) is 0 Å². The van der Waals surface area contributed by atoms with E-state index >= 15 is 0 Å². The summed E-state index contributed by atoms with van der Waals surface area (Å²) >= 11 is 0. The first-order valence-corrected chi connectivity index (χ1v) is 16.3. The van der Waals surface area contributed by atoms with Crippen molar-refractivity contribution in [3.8, 4) is 0 Å². The number of nitrogens with zero attached hydrogens (tertiary/aromatic N) is 3. The molecule has 6 rings (SSSR count). The number of hydrogen-bond acceptors (Lipinski definition) is 8. The molecule has 0 radical (unpaired) electrons. The van der Waals surface area contributed by atoms with Crippen molar-refractivity contribution in [3.05, 3.63) is 143 Å². The number of amides is 1. The quantitative estimate of drug-likeness (QED) is 0.163. The van der Waals surface area contributed by atoms with E-state index in [0.29, 0.717) is 18.6 Å². The Morgan fingerprint density at radius 1 is 0.875 bits per heavy atom. The highest BCUT2D eigenvalue weighted by molar-refractivity contribution is 5.93. The first-order valence-electron chi connectivity index (χ1n) is 16.3. The van der Waals surface area contributed by atoms with E-state index in [1.807, 2.05) is 117 Å². The van der Waals surface area contributed by atoms with Crippen LogP contribution in [0, 0.1) is 5.92 Å². The van der Waals surface area contributed by atoms with Crippen molar-refractivity contribution in [1.82, 2.24) is 20.2 Å². The third-order valence-corrected chi connectivity index (χ3v) is 9.27. The van der Waals surface area contributed by atoms with Gasteiger partial charge in [0.25, 0.3) is 5.91 Å². The minimum atomic E-state index is -0.648. The molecule has 0 saturated carbocycles. The van der Waals surface area contributed by atoms with Crippen LogP contribution in [0.3, 0.4) is 0 Å². The van der Waals surface area contributed by atoms with E-state index in [2.05, 4.69) is 27.1 Å². The van der Waals surface area contributed by atoms with E-state index in [0.717, 1.165) is 33.3 Å². The molecule has 1 fully saturated rings. The van der Waals surface area contributed by atoms with E-state index < -0.39 is 12.4 Å². The highest BCUT2D eigenvalue weighted by Gasteiger charge is 2.39. The third kappa shape index (κ3) is 7.62. The monoisotopic (exact) mass is 646 g/mol. The van der Waals surface area contributed by atoms with Crippen LogP contribution in [0.1, 0.15) is 70.7 Å². The second kappa shape index (κ2) is 15.1. The van der Waals surface area contributed by atoms with Gasteiger partial charge in [-0.25, -0.2) is 4.98 Å². The predicted molar refractivity (Wildman–Crippen MR) is 184 cm³/mol. The van der Waals surface area contributed by atoms with Gasteiger partial charge in [0, 0.05) is 30.6 Å². The summed E-state index contributed by atoms with van der Waals surface area (Å²) in [5.74, 6) is -0.295. The van der Waals surface area contributed by atoms with E-state index in [-0.39, 0.29) is 42.4 Å². The van der Waals surface area contributed by atoms with Gasteiger partial charge in [-0.15, -0.1) is 0 Å². The zero-order valence-electron chi connectivity index (χ0n) is 27.4. The van der Waals surface area contributed by atoms with Gasteiger partial charge in [-0.1, -0.05) is 97.9 Å². The molecule has 5 aromatic rings. The molecule has 3 N–H and O–H groups in total. The number of para-hydroxylation sites is 2. The van der Waals surface area contributed by atoms with E-state index in [1.165, 1.54) is 6.20 Å². The fourth-order valence-electron chi connectivity index (χ4n) is 6.08. The van der Waals surface area contributed by atoms with Gasteiger partial charge in [0.2, 0.25) is 0 Å². The van der Waals surface area contributed by atoms with Crippen LogP contribution in [0.4, 0.5) is 0 Å². The summed E-state index contributed by atoms with van der Waals surface area (Å²) in [5, 5.41) is 23.6. The molecule has 1 saturated heterocycles. The largest absolute Gasteiger partial charge is 0.392 e. The highest BCUT2D eigenvalue weighted by Crippen LogP contribution is 2.42. The van der Waals surface area contributed by atoms with Crippen LogP contribution in [-0.4, -0.2) is 56.7 Å². The molecule has 6 atom stereocenters. The van der Waals surface area contributed by atoms with Crippen LogP contribution in [0.5, 0.6) is 0 Å². The number of aliphatic hydroxyl groups is 2. The van der Waals surface area contributed by atoms with Crippen LogP contribution < -0.4 is 5.32 Å². The smallest absolute Gasteiger partial charge is 0.271 e. The average Bonchev–Trinajstić information content (AvgIpc) is 3.14. The molecule has 0 aliphatic carbocycles. The van der Waals surface area contributed by atoms with Crippen molar-refractivity contribution in [2.24, 2.45) is 5.92 Å². The molecule has 4 aromatic carbocycles. The minimum Gasteiger partial charge on any atom is -0.392 e. The fraction of sp³-hybridized carbons (Fsp3) is 0.308. The zero-order valence-corrected chi connectivity index (χ0v) is 27.4. The first-order chi connectivity index (χ1) is 23.3. The molecular formula is C39H42N4O5. The van der Waals surface area contributed by atoms with Crippen molar-refractivity contribution < 1.29 is 24.5 Å². The average molecular weight is 647 g/mol. The summed E-state index contributed by atoms with van der Waals surface area (Å²) in [6.45, 7) is 5.03. The van der Waals surface area contributed by atoms with Gasteiger partial charge < -0.3 is 25.0 Å². The molecule has 0 bridgehead atoms. The first kappa shape index (κ1) is 33.4. The topological polar surface area (TPSA) is 117 Å². The normalized spacial score (nSPS) is 20.8. The lowest BCUT2D eigenvalue weighted by atomic mass is 9.89. The third-order valence-electron chi connectivity index (χ3n) is 9.27. The highest BCUT2D eigenvalue weighted by atomic mass is 16.7. The molecule has 48 heavy (non-hydrogen) atoms. The van der Waals surface area contributed by atoms with Crippen molar-refractivity contribution in [3.63, 3.8) is 0 Å². The number of fused-ring (bicyclic) bond motifs is 1. The summed E-state index contributed by atoms with van der Waals surface area (Å²) in [6, 6.07) is 32.7. The SMILES string of the molecule is C[C@H]1[C@@H](CN(C)[C@@H](C)[C@H](O)c2ccccc2)O[C@@H](c2ccc(CNC(=O)c3cnc4ccccc4n3)cc2)O[C@H]1c1ccc(CO)cc1. The molecule has 248 valence electrons. The summed E-state index contributed by atoms with van der Waals surface area (Å²) in [6.07, 6.45) is -0.252. The molecule has 0 spiro atoms. The zero-order chi connectivity index (χ0) is 33.6. The second-order valence-electron chi connectivity index (χ2n) is 12.5. The number of ether oxygens (including phenoxy) is 2. The van der Waals surface area contributed by atoms with Gasteiger partial charge in [-0.05, 0) is 48.4 Å². The number of rotatable bonds is 11. The number of carbonyl (C=O) groups excluding carboxylic acids is 1. The van der Waals surface area contributed by atoms with Crippen LogP contribution in [0.2, 0.25) is 0 Å². The lowest BCUT2D eigenvalue weighted by Crippen LogP contribution is -2.46. The van der Waals surface area contributed by atoms with Gasteiger partial charge in [0.05, 0.1) is 42.1 Å². The number of aliphatic hydroxyl groups excluding tert-OH is 2. The minimum absolute atomic E-state index is 0.00237. The molecule has 1 aliphatic heterocycles. The van der Waals surface area contributed by atoms with Crippen LogP contribution in [0.15, 0.2) is 109 Å². The number of aromatic nitrogens is 2. The maximum atomic E-state index is 12.8. The van der Waals surface area contributed by atoms with Gasteiger partial charge in [-0.2, -0.15) is 0 Å². The molecule has 2 heterocycles. The number of nitrogens with one attached hydrogen (secondary N) is 1. The number of benzene rings is 4. The maximum Gasteiger partial charge on any atom is 0.271 e. The lowest BCUT2D eigenvalue weighted by Gasteiger charge is -2.43. The van der Waals surface area contributed by atoms with Gasteiger partial charge in [-0.3, -0.25) is 14.7 Å². The Kier molecular flexibility index (Phi) is 10.5. The number of likely N-dealkylation sites (N-methyl/N-ethyl adjacent to an activating group) is 1. The van der Waals surface area contributed by atoms with E-state index in [1.54, 1.807) is 0 Å². The summed E-state index contributed by atoms with van der Waals surface area (Å²) in [4.78, 5) is 23.7. The molecular weight excluding hydrogens is 604 g/mol. The Bertz CT molecular complexity index is 1800. The van der Waals surface area contributed by atoms with Gasteiger partial charge in [0.15, 0.2) is 6.29 Å². The van der Waals surface area contributed by atoms with Crippen LogP contribution in [-0.2, 0) is 22.6 Å². The van der Waals surface area contributed by atoms with Gasteiger partial charge >= 0.3 is 0 Å². The molecule has 1 aliphatic rings. The van der Waals surface area contributed by atoms with Crippen LogP contribution in [0.25, 0.3) is 11.0 Å². The summed E-state index contributed by atoms with van der Waals surface area (Å²) < 4.78 is 13.3. The summed E-state index contributed by atoms with van der Waals surface area (Å²) in [7, 11) is 2.01.